The third-order valence-electron chi connectivity index (χ3n) is 1.34. The lowest BCUT2D eigenvalue weighted by atomic mass is 10.2. The van der Waals surface area contributed by atoms with Crippen LogP contribution in [-0.4, -0.2) is 0 Å². The van der Waals surface area contributed by atoms with Crippen molar-refractivity contribution in [1.29, 1.82) is 0 Å². The molecule has 0 spiro atoms. The SMILES string of the molecule is NC(N)(S)c1ccccc1S. The van der Waals surface area contributed by atoms with Gasteiger partial charge in [-0.25, -0.2) is 0 Å². The van der Waals surface area contributed by atoms with Crippen LogP contribution in [-0.2, 0) is 4.99 Å². The first-order valence-electron chi connectivity index (χ1n) is 3.10. The Morgan fingerprint density at radius 1 is 1.18 bits per heavy atom. The van der Waals surface area contributed by atoms with Crippen molar-refractivity contribution in [2.45, 2.75) is 9.89 Å². The van der Waals surface area contributed by atoms with Crippen LogP contribution in [0.4, 0.5) is 0 Å². The maximum Gasteiger partial charge on any atom is 0.136 e. The standard InChI is InChI=1S/C7H10N2S2/c8-7(9,11)5-3-1-2-4-6(5)10/h1-4,10-11H,8-9H2. The Morgan fingerprint density at radius 2 is 1.73 bits per heavy atom. The third-order valence-corrected chi connectivity index (χ3v) is 1.97. The molecule has 4 N–H and O–H groups in total. The topological polar surface area (TPSA) is 52.0 Å². The summed E-state index contributed by atoms with van der Waals surface area (Å²) in [7, 11) is 0. The van der Waals surface area contributed by atoms with Crippen molar-refractivity contribution in [3.63, 3.8) is 0 Å². The van der Waals surface area contributed by atoms with Crippen molar-refractivity contribution in [3.8, 4) is 0 Å². The molecule has 1 aromatic carbocycles. The molecule has 0 saturated carbocycles. The molecule has 4 heteroatoms. The second-order valence-electron chi connectivity index (χ2n) is 2.34. The van der Waals surface area contributed by atoms with E-state index in [-0.39, 0.29) is 0 Å². The van der Waals surface area contributed by atoms with Gasteiger partial charge in [0, 0.05) is 10.5 Å². The van der Waals surface area contributed by atoms with Crippen LogP contribution in [0.25, 0.3) is 0 Å². The van der Waals surface area contributed by atoms with Crippen LogP contribution in [0.15, 0.2) is 29.2 Å². The van der Waals surface area contributed by atoms with Crippen LogP contribution < -0.4 is 11.5 Å². The lowest BCUT2D eigenvalue weighted by Crippen LogP contribution is -2.40. The van der Waals surface area contributed by atoms with E-state index in [0.29, 0.717) is 0 Å². The van der Waals surface area contributed by atoms with Crippen LogP contribution >= 0.6 is 25.3 Å². The molecule has 0 fully saturated rings. The van der Waals surface area contributed by atoms with Gasteiger partial charge in [-0.2, -0.15) is 0 Å². The monoisotopic (exact) mass is 186 g/mol. The molecule has 60 valence electrons. The molecule has 0 radical (unpaired) electrons. The van der Waals surface area contributed by atoms with E-state index in [1.807, 2.05) is 18.2 Å². The van der Waals surface area contributed by atoms with E-state index < -0.39 is 4.99 Å². The molecule has 0 heterocycles. The highest BCUT2D eigenvalue weighted by molar-refractivity contribution is 7.81. The fraction of sp³-hybridized carbons (Fsp3) is 0.143. The Bertz CT molecular complexity index is 255. The summed E-state index contributed by atoms with van der Waals surface area (Å²) in [6.45, 7) is 0. The third kappa shape index (κ3) is 2.13. The first kappa shape index (κ1) is 8.93. The molecular weight excluding hydrogens is 176 g/mol. The number of thiol groups is 2. The van der Waals surface area contributed by atoms with E-state index in [2.05, 4.69) is 25.3 Å². The van der Waals surface area contributed by atoms with Crippen molar-refractivity contribution in [1.82, 2.24) is 0 Å². The summed E-state index contributed by atoms with van der Waals surface area (Å²) in [6, 6.07) is 7.34. The molecule has 1 aromatic rings. The van der Waals surface area contributed by atoms with Gasteiger partial charge >= 0.3 is 0 Å². The first-order chi connectivity index (χ1) is 5.02. The molecule has 0 aliphatic heterocycles. The second kappa shape index (κ2) is 3.06. The Morgan fingerprint density at radius 3 is 2.09 bits per heavy atom. The minimum atomic E-state index is -1.10. The number of hydrogen-bond donors (Lipinski definition) is 4. The Balaban J connectivity index is 3.14. The molecule has 0 aliphatic carbocycles. The summed E-state index contributed by atoms with van der Waals surface area (Å²) in [5.41, 5.74) is 11.8. The molecule has 2 nitrogen and oxygen atoms in total. The lowest BCUT2D eigenvalue weighted by Gasteiger charge is -2.19. The second-order valence-corrected chi connectivity index (χ2v) is 3.56. The van der Waals surface area contributed by atoms with Crippen molar-refractivity contribution in [3.05, 3.63) is 29.8 Å². The van der Waals surface area contributed by atoms with E-state index in [4.69, 9.17) is 11.5 Å². The van der Waals surface area contributed by atoms with E-state index in [1.165, 1.54) is 0 Å². The number of benzene rings is 1. The first-order valence-corrected chi connectivity index (χ1v) is 4.00. The molecule has 0 aromatic heterocycles. The zero-order valence-corrected chi connectivity index (χ0v) is 7.65. The predicted molar refractivity (Wildman–Crippen MR) is 52.7 cm³/mol. The summed E-state index contributed by atoms with van der Waals surface area (Å²) >= 11 is 8.20. The lowest BCUT2D eigenvalue weighted by molar-refractivity contribution is 0.688. The van der Waals surface area contributed by atoms with Crippen LogP contribution in [0, 0.1) is 0 Å². The highest BCUT2D eigenvalue weighted by Gasteiger charge is 2.17. The minimum Gasteiger partial charge on any atom is -0.301 e. The van der Waals surface area contributed by atoms with Gasteiger partial charge in [0.2, 0.25) is 0 Å². The van der Waals surface area contributed by atoms with Crippen LogP contribution in [0.2, 0.25) is 0 Å². The van der Waals surface area contributed by atoms with E-state index in [1.54, 1.807) is 6.07 Å². The fourth-order valence-corrected chi connectivity index (χ4v) is 1.44. The molecule has 0 bridgehead atoms. The molecule has 1 rings (SSSR count). The molecule has 11 heavy (non-hydrogen) atoms. The summed E-state index contributed by atoms with van der Waals surface area (Å²) in [5, 5.41) is 0. The van der Waals surface area contributed by atoms with Crippen LogP contribution in [0.5, 0.6) is 0 Å². The molecule has 0 saturated heterocycles. The molecule has 0 aliphatic rings. The summed E-state index contributed by atoms with van der Waals surface area (Å²) in [4.78, 5) is -0.342. The quantitative estimate of drug-likeness (QED) is 0.389. The number of nitrogens with two attached hydrogens (primary N) is 2. The number of rotatable bonds is 1. The van der Waals surface area contributed by atoms with Gasteiger partial charge in [0.25, 0.3) is 0 Å². The van der Waals surface area contributed by atoms with E-state index >= 15 is 0 Å². The van der Waals surface area contributed by atoms with Gasteiger partial charge in [-0.1, -0.05) is 18.2 Å². The van der Waals surface area contributed by atoms with Crippen LogP contribution in [0.1, 0.15) is 5.56 Å². The minimum absolute atomic E-state index is 0.728. The van der Waals surface area contributed by atoms with Gasteiger partial charge in [0.15, 0.2) is 0 Å². The molecule has 0 unspecified atom stereocenters. The van der Waals surface area contributed by atoms with Gasteiger partial charge in [0.05, 0.1) is 0 Å². The largest absolute Gasteiger partial charge is 0.301 e. The molecule has 0 atom stereocenters. The van der Waals surface area contributed by atoms with Crippen molar-refractivity contribution < 1.29 is 0 Å². The Hall–Kier alpha value is -0.160. The molecule has 0 amide bonds. The summed E-state index contributed by atoms with van der Waals surface area (Å²) in [5.74, 6) is 0. The normalized spacial score (nSPS) is 11.6. The zero-order valence-electron chi connectivity index (χ0n) is 5.86. The molecular formula is C7H10N2S2. The average molecular weight is 186 g/mol. The summed E-state index contributed by atoms with van der Waals surface area (Å²) in [6.07, 6.45) is 0. The highest BCUT2D eigenvalue weighted by Crippen LogP contribution is 2.22. The fourth-order valence-electron chi connectivity index (χ4n) is 0.812. The van der Waals surface area contributed by atoms with Gasteiger partial charge in [0.1, 0.15) is 4.99 Å². The van der Waals surface area contributed by atoms with E-state index in [0.717, 1.165) is 10.5 Å². The average Bonchev–Trinajstić information content (AvgIpc) is 1.86. The Labute approximate surface area is 76.8 Å². The van der Waals surface area contributed by atoms with E-state index in [9.17, 15) is 0 Å². The van der Waals surface area contributed by atoms with Crippen molar-refractivity contribution >= 4 is 25.3 Å². The maximum atomic E-state index is 5.55. The smallest absolute Gasteiger partial charge is 0.136 e. The van der Waals surface area contributed by atoms with Crippen LogP contribution in [0.3, 0.4) is 0 Å². The maximum absolute atomic E-state index is 5.55. The van der Waals surface area contributed by atoms with Crippen molar-refractivity contribution in [2.75, 3.05) is 0 Å². The van der Waals surface area contributed by atoms with Gasteiger partial charge in [-0.3, -0.25) is 0 Å². The zero-order chi connectivity index (χ0) is 8.48. The van der Waals surface area contributed by atoms with Gasteiger partial charge in [-0.05, 0) is 6.07 Å². The van der Waals surface area contributed by atoms with Crippen molar-refractivity contribution in [2.24, 2.45) is 11.5 Å². The highest BCUT2D eigenvalue weighted by atomic mass is 32.1. The number of hydrogen-bond acceptors (Lipinski definition) is 4. The predicted octanol–water partition coefficient (Wildman–Crippen LogP) is 0.933. The van der Waals surface area contributed by atoms with Gasteiger partial charge in [-0.15, -0.1) is 25.3 Å². The Kier molecular flexibility index (Phi) is 2.49. The summed E-state index contributed by atoms with van der Waals surface area (Å²) < 4.78 is 0. The van der Waals surface area contributed by atoms with Gasteiger partial charge < -0.3 is 11.5 Å².